The van der Waals surface area contributed by atoms with E-state index in [1.54, 1.807) is 6.92 Å². The maximum Gasteiger partial charge on any atom is 0.0967 e. The summed E-state index contributed by atoms with van der Waals surface area (Å²) in [6, 6.07) is 0. The first-order valence-electron chi connectivity index (χ1n) is 1.56. The Kier molecular flexibility index (Phi) is 64.8. The van der Waals surface area contributed by atoms with Gasteiger partial charge >= 0.3 is 0 Å². The Bertz CT molecular complexity index is 12.1. The Morgan fingerprint density at radius 2 is 1.43 bits per heavy atom. The van der Waals surface area contributed by atoms with Crippen LogP contribution in [0.15, 0.2) is 0 Å². The first kappa shape index (κ1) is 15.7. The molecule has 48 valence electrons. The summed E-state index contributed by atoms with van der Waals surface area (Å²) in [5, 5.41) is 7.76. The van der Waals surface area contributed by atoms with E-state index in [0.717, 1.165) is 0 Å². The Labute approximate surface area is 60.0 Å². The van der Waals surface area contributed by atoms with Crippen molar-refractivity contribution in [2.45, 2.75) is 6.92 Å². The fourth-order valence-corrected chi connectivity index (χ4v) is 0. The van der Waals surface area contributed by atoms with E-state index in [1.807, 2.05) is 0 Å². The van der Waals surface area contributed by atoms with E-state index in [-0.39, 0.29) is 24.4 Å². The van der Waals surface area contributed by atoms with E-state index >= 15 is 0 Å². The molecule has 0 unspecified atom stereocenters. The minimum absolute atomic E-state index is 0. The molecule has 0 saturated heterocycles. The van der Waals surface area contributed by atoms with Crippen LogP contribution in [0, 0.1) is 0 Å². The molecule has 0 aromatic carbocycles. The van der Waals surface area contributed by atoms with Crippen LogP contribution < -0.4 is 0 Å². The van der Waals surface area contributed by atoms with Gasteiger partial charge in [-0.3, -0.25) is 0 Å². The van der Waals surface area contributed by atoms with Gasteiger partial charge in [-0.15, -0.1) is 35.6 Å². The van der Waals surface area contributed by atoms with E-state index in [9.17, 15) is 0 Å². The molecule has 7 heavy (non-hydrogen) atoms. The lowest BCUT2D eigenvalue weighted by Crippen LogP contribution is -1.57. The first-order chi connectivity index (χ1) is 2.83. The summed E-state index contributed by atoms with van der Waals surface area (Å²) in [7, 11) is 0. The molecule has 1 nitrogen and oxygen atoms in total. The molecular weight excluding hydrogens is 158 g/mol. The minimum atomic E-state index is 0. The van der Waals surface area contributed by atoms with Crippen molar-refractivity contribution in [1.29, 1.82) is 0 Å². The molecule has 0 aromatic rings. The van der Waals surface area contributed by atoms with Crippen molar-refractivity contribution in [3.8, 4) is 0 Å². The Morgan fingerprint density at radius 3 is 1.43 bits per heavy atom. The van der Waals surface area contributed by atoms with Gasteiger partial charge in [0, 0.05) is 6.61 Å². The number of aliphatic hydroxyl groups is 1. The molecule has 0 bridgehead atoms. The quantitative estimate of drug-likeness (QED) is 0.546. The molecule has 0 fully saturated rings. The lowest BCUT2D eigenvalue weighted by atomic mass is 10.9. The summed E-state index contributed by atoms with van der Waals surface area (Å²) in [4.78, 5) is 0. The second-order valence-electron chi connectivity index (χ2n) is 0.417. The molecule has 0 aliphatic rings. The lowest BCUT2D eigenvalue weighted by molar-refractivity contribution is 0.318. The summed E-state index contributed by atoms with van der Waals surface area (Å²) in [6.07, 6.45) is 0. The van der Waals surface area contributed by atoms with E-state index in [0.29, 0.717) is 0 Å². The van der Waals surface area contributed by atoms with Crippen LogP contribution in [0.4, 0.5) is 0 Å². The van der Waals surface area contributed by atoms with Crippen LogP contribution in [-0.2, 0) is 0 Å². The van der Waals surface area contributed by atoms with Crippen LogP contribution in [0.25, 0.3) is 0 Å². The summed E-state index contributed by atoms with van der Waals surface area (Å²) in [5.74, 6) is 0. The summed E-state index contributed by atoms with van der Waals surface area (Å²) < 4.78 is 0. The normalized spacial score (nSPS) is 5.14. The van der Waals surface area contributed by atoms with E-state index in [1.165, 1.54) is 0 Å². The number of halogens is 3. The van der Waals surface area contributed by atoms with Crippen LogP contribution in [0.3, 0.4) is 0 Å². The van der Waals surface area contributed by atoms with Gasteiger partial charge in [0.15, 0.2) is 0 Å². The highest BCUT2D eigenvalue weighted by Gasteiger charge is 1.41. The van der Waals surface area contributed by atoms with Crippen LogP contribution >= 0.6 is 35.6 Å². The van der Waals surface area contributed by atoms with Crippen molar-refractivity contribution in [2.24, 2.45) is 0 Å². The standard InChI is InChI=1S/C2H6O.CH2Cl2.ClH/c1-2-3;2-1-3;/h3H,2H2,1H3;1H2;1H. The molecule has 4 heteroatoms. The highest BCUT2D eigenvalue weighted by Crippen LogP contribution is 1.73. The van der Waals surface area contributed by atoms with Crippen molar-refractivity contribution in [3.63, 3.8) is 0 Å². The van der Waals surface area contributed by atoms with Crippen molar-refractivity contribution in [1.82, 2.24) is 0 Å². The zero-order valence-electron chi connectivity index (χ0n) is 4.03. The van der Waals surface area contributed by atoms with Crippen molar-refractivity contribution in [2.75, 3.05) is 11.9 Å². The van der Waals surface area contributed by atoms with Crippen LogP contribution in [0.1, 0.15) is 6.92 Å². The van der Waals surface area contributed by atoms with Crippen molar-refractivity contribution >= 4 is 35.6 Å². The number of hydrogen-bond donors (Lipinski definition) is 1. The van der Waals surface area contributed by atoms with Gasteiger partial charge in [-0.2, -0.15) is 0 Å². The van der Waals surface area contributed by atoms with Gasteiger partial charge in [-0.05, 0) is 6.92 Å². The van der Waals surface area contributed by atoms with Gasteiger partial charge in [0.2, 0.25) is 0 Å². The van der Waals surface area contributed by atoms with E-state index in [2.05, 4.69) is 0 Å². The maximum atomic E-state index is 7.57. The third-order valence-electron chi connectivity index (χ3n) is 0. The second-order valence-corrected chi connectivity index (χ2v) is 1.23. The first-order valence-corrected chi connectivity index (χ1v) is 2.63. The highest BCUT2D eigenvalue weighted by molar-refractivity contribution is 6.40. The molecule has 0 aliphatic carbocycles. The average Bonchev–Trinajstić information content (AvgIpc) is 1.39. The predicted molar refractivity (Wildman–Crippen MR) is 36.6 cm³/mol. The third-order valence-corrected chi connectivity index (χ3v) is 0. The van der Waals surface area contributed by atoms with Gasteiger partial charge in [0.05, 0.1) is 5.34 Å². The Balaban J connectivity index is -0.0000000400. The molecule has 0 aliphatic heterocycles. The van der Waals surface area contributed by atoms with Crippen molar-refractivity contribution < 1.29 is 5.11 Å². The van der Waals surface area contributed by atoms with E-state index in [4.69, 9.17) is 28.3 Å². The Morgan fingerprint density at radius 1 is 1.43 bits per heavy atom. The predicted octanol–water partition coefficient (Wildman–Crippen LogP) is 1.84. The average molecular weight is 167 g/mol. The van der Waals surface area contributed by atoms with Crippen LogP contribution in [0.5, 0.6) is 0 Å². The number of rotatable bonds is 0. The topological polar surface area (TPSA) is 20.2 Å². The Hall–Kier alpha value is 0.830. The molecule has 0 saturated carbocycles. The van der Waals surface area contributed by atoms with Crippen molar-refractivity contribution in [3.05, 3.63) is 0 Å². The molecule has 1 N–H and O–H groups in total. The minimum Gasteiger partial charge on any atom is -0.397 e. The van der Waals surface area contributed by atoms with Crippen LogP contribution in [-0.4, -0.2) is 17.1 Å². The SMILES string of the molecule is CCO.Cl.ClCCl. The molecule has 0 atom stereocenters. The highest BCUT2D eigenvalue weighted by atomic mass is 35.5. The molecule has 0 radical (unpaired) electrons. The maximum absolute atomic E-state index is 7.57. The van der Waals surface area contributed by atoms with Gasteiger partial charge in [0.1, 0.15) is 0 Å². The molecule has 0 rings (SSSR count). The van der Waals surface area contributed by atoms with Gasteiger partial charge in [-0.25, -0.2) is 0 Å². The molecule has 0 aromatic heterocycles. The number of aliphatic hydroxyl groups excluding tert-OH is 1. The van der Waals surface area contributed by atoms with Crippen LogP contribution in [0.2, 0.25) is 0 Å². The zero-order valence-corrected chi connectivity index (χ0v) is 6.35. The zero-order chi connectivity index (χ0) is 5.41. The van der Waals surface area contributed by atoms with Gasteiger partial charge in [0.25, 0.3) is 0 Å². The van der Waals surface area contributed by atoms with Gasteiger partial charge < -0.3 is 5.11 Å². The molecule has 0 spiro atoms. The summed E-state index contributed by atoms with van der Waals surface area (Å²) >= 11 is 9.53. The number of hydrogen-bond acceptors (Lipinski definition) is 1. The smallest absolute Gasteiger partial charge is 0.0967 e. The summed E-state index contributed by atoms with van der Waals surface area (Å²) in [5.41, 5.74) is 0. The molecular formula is C3H9Cl3O. The fourth-order valence-electron chi connectivity index (χ4n) is 0. The lowest BCUT2D eigenvalue weighted by Gasteiger charge is -1.52. The second kappa shape index (κ2) is 29.0. The van der Waals surface area contributed by atoms with Gasteiger partial charge in [-0.1, -0.05) is 0 Å². The van der Waals surface area contributed by atoms with E-state index < -0.39 is 0 Å². The molecule has 0 heterocycles. The summed E-state index contributed by atoms with van der Waals surface area (Å²) in [6.45, 7) is 1.93. The fraction of sp³-hybridized carbons (Fsp3) is 1.00. The number of alkyl halides is 2. The monoisotopic (exact) mass is 166 g/mol. The largest absolute Gasteiger partial charge is 0.397 e. The molecule has 0 amide bonds. The third kappa shape index (κ3) is 231.